The normalized spacial score (nSPS) is 35.6. The van der Waals surface area contributed by atoms with Crippen LogP contribution < -0.4 is 11.1 Å². The van der Waals surface area contributed by atoms with Gasteiger partial charge in [-0.3, -0.25) is 4.79 Å². The number of carbonyl (C=O) groups is 2. The standard InChI is InChI=1S/C12H20N4O2/c13-9-2-1-8(5-9)11(17)15-3-4-16-10(7-15)6-14-12(16)18/h8-10H,1-7,13H2,(H,14,18). The van der Waals surface area contributed by atoms with E-state index in [1.807, 2.05) is 9.80 Å². The first-order valence-corrected chi connectivity index (χ1v) is 6.74. The summed E-state index contributed by atoms with van der Waals surface area (Å²) < 4.78 is 0. The summed E-state index contributed by atoms with van der Waals surface area (Å²) in [4.78, 5) is 27.6. The molecule has 0 aromatic heterocycles. The number of rotatable bonds is 1. The van der Waals surface area contributed by atoms with Gasteiger partial charge in [-0.2, -0.15) is 0 Å². The van der Waals surface area contributed by atoms with Crippen molar-refractivity contribution in [1.82, 2.24) is 15.1 Å². The molecule has 3 atom stereocenters. The third kappa shape index (κ3) is 1.94. The largest absolute Gasteiger partial charge is 0.339 e. The highest BCUT2D eigenvalue weighted by Gasteiger charge is 2.39. The maximum Gasteiger partial charge on any atom is 0.317 e. The molecule has 0 aromatic rings. The zero-order chi connectivity index (χ0) is 12.7. The van der Waals surface area contributed by atoms with Crippen molar-refractivity contribution in [2.75, 3.05) is 26.2 Å². The third-order valence-corrected chi connectivity index (χ3v) is 4.37. The number of urea groups is 1. The fourth-order valence-electron chi connectivity index (χ4n) is 3.30. The Labute approximate surface area is 106 Å². The van der Waals surface area contributed by atoms with E-state index in [4.69, 9.17) is 5.73 Å². The predicted octanol–water partition coefficient (Wildman–Crippen LogP) is -0.650. The molecule has 0 radical (unpaired) electrons. The number of piperazine rings is 1. The van der Waals surface area contributed by atoms with E-state index in [0.717, 1.165) is 19.3 Å². The smallest absolute Gasteiger partial charge is 0.317 e. The Morgan fingerprint density at radius 3 is 2.89 bits per heavy atom. The van der Waals surface area contributed by atoms with E-state index in [1.54, 1.807) is 0 Å². The Bertz CT molecular complexity index is 373. The molecule has 0 aromatic carbocycles. The van der Waals surface area contributed by atoms with Crippen LogP contribution >= 0.6 is 0 Å². The molecule has 2 aliphatic heterocycles. The molecule has 3 aliphatic rings. The van der Waals surface area contributed by atoms with Crippen LogP contribution in [0.1, 0.15) is 19.3 Å². The molecule has 3 unspecified atom stereocenters. The number of nitrogens with two attached hydrogens (primary N) is 1. The molecule has 3 N–H and O–H groups in total. The predicted molar refractivity (Wildman–Crippen MR) is 65.8 cm³/mol. The van der Waals surface area contributed by atoms with E-state index in [2.05, 4.69) is 5.32 Å². The van der Waals surface area contributed by atoms with Crippen LogP contribution in [0.25, 0.3) is 0 Å². The van der Waals surface area contributed by atoms with Gasteiger partial charge in [0.2, 0.25) is 5.91 Å². The number of nitrogens with one attached hydrogen (secondary N) is 1. The zero-order valence-corrected chi connectivity index (χ0v) is 10.5. The number of nitrogens with zero attached hydrogens (tertiary/aromatic N) is 2. The molecule has 1 aliphatic carbocycles. The van der Waals surface area contributed by atoms with Crippen molar-refractivity contribution in [1.29, 1.82) is 0 Å². The number of carbonyl (C=O) groups excluding carboxylic acids is 2. The summed E-state index contributed by atoms with van der Waals surface area (Å²) in [6.07, 6.45) is 2.70. The van der Waals surface area contributed by atoms with Gasteiger partial charge in [-0.25, -0.2) is 4.79 Å². The summed E-state index contributed by atoms with van der Waals surface area (Å²) in [6.45, 7) is 2.64. The Kier molecular flexibility index (Phi) is 2.89. The van der Waals surface area contributed by atoms with Crippen LogP contribution in [-0.4, -0.2) is 60.0 Å². The topological polar surface area (TPSA) is 78.7 Å². The van der Waals surface area contributed by atoms with Crippen molar-refractivity contribution in [2.45, 2.75) is 31.3 Å². The van der Waals surface area contributed by atoms with Crippen LogP contribution in [-0.2, 0) is 4.79 Å². The van der Waals surface area contributed by atoms with Crippen molar-refractivity contribution in [3.63, 3.8) is 0 Å². The van der Waals surface area contributed by atoms with Crippen LogP contribution in [0.15, 0.2) is 0 Å². The van der Waals surface area contributed by atoms with E-state index in [1.165, 1.54) is 0 Å². The average Bonchev–Trinajstić information content (AvgIpc) is 2.95. The molecule has 3 fully saturated rings. The molecule has 1 saturated carbocycles. The van der Waals surface area contributed by atoms with Gasteiger partial charge in [0.25, 0.3) is 0 Å². The lowest BCUT2D eigenvalue weighted by atomic mass is 10.0. The Morgan fingerprint density at radius 2 is 2.17 bits per heavy atom. The number of fused-ring (bicyclic) bond motifs is 1. The lowest BCUT2D eigenvalue weighted by molar-refractivity contribution is -0.137. The van der Waals surface area contributed by atoms with Gasteiger partial charge >= 0.3 is 6.03 Å². The van der Waals surface area contributed by atoms with Gasteiger partial charge in [0.05, 0.1) is 6.04 Å². The van der Waals surface area contributed by atoms with E-state index in [0.29, 0.717) is 26.2 Å². The van der Waals surface area contributed by atoms with Crippen LogP contribution in [0.5, 0.6) is 0 Å². The second kappa shape index (κ2) is 4.42. The van der Waals surface area contributed by atoms with Crippen LogP contribution in [0, 0.1) is 5.92 Å². The molecule has 18 heavy (non-hydrogen) atoms. The maximum atomic E-state index is 12.4. The van der Waals surface area contributed by atoms with Crippen molar-refractivity contribution >= 4 is 11.9 Å². The second-order valence-corrected chi connectivity index (χ2v) is 5.59. The lowest BCUT2D eigenvalue weighted by Gasteiger charge is -2.37. The minimum atomic E-state index is 0.00925. The molecule has 2 saturated heterocycles. The highest BCUT2D eigenvalue weighted by molar-refractivity contribution is 5.81. The molecular weight excluding hydrogens is 232 g/mol. The minimum absolute atomic E-state index is 0.00925. The fourth-order valence-corrected chi connectivity index (χ4v) is 3.30. The lowest BCUT2D eigenvalue weighted by Crippen LogP contribution is -2.54. The van der Waals surface area contributed by atoms with Gasteiger partial charge in [-0.15, -0.1) is 0 Å². The van der Waals surface area contributed by atoms with E-state index < -0.39 is 0 Å². The van der Waals surface area contributed by atoms with Gasteiger partial charge in [0.15, 0.2) is 0 Å². The van der Waals surface area contributed by atoms with Gasteiger partial charge in [0, 0.05) is 38.1 Å². The molecule has 0 spiro atoms. The molecule has 3 rings (SSSR count). The quantitative estimate of drug-likeness (QED) is 0.651. The van der Waals surface area contributed by atoms with Crippen molar-refractivity contribution in [3.8, 4) is 0 Å². The first-order chi connectivity index (χ1) is 8.65. The average molecular weight is 252 g/mol. The Balaban J connectivity index is 1.61. The fraction of sp³-hybridized carbons (Fsp3) is 0.833. The molecule has 2 heterocycles. The molecule has 100 valence electrons. The van der Waals surface area contributed by atoms with E-state index >= 15 is 0 Å². The van der Waals surface area contributed by atoms with Crippen molar-refractivity contribution in [3.05, 3.63) is 0 Å². The minimum Gasteiger partial charge on any atom is -0.339 e. The monoisotopic (exact) mass is 252 g/mol. The Hall–Kier alpha value is -1.30. The highest BCUT2D eigenvalue weighted by Crippen LogP contribution is 2.27. The maximum absolute atomic E-state index is 12.4. The first kappa shape index (κ1) is 11.8. The van der Waals surface area contributed by atoms with Gasteiger partial charge in [-0.05, 0) is 19.3 Å². The van der Waals surface area contributed by atoms with Crippen molar-refractivity contribution in [2.24, 2.45) is 11.7 Å². The summed E-state index contributed by atoms with van der Waals surface area (Å²) in [5.74, 6) is 0.346. The SMILES string of the molecule is NC1CCC(C(=O)N2CCN3C(=O)NCC3C2)C1. The molecule has 0 bridgehead atoms. The Morgan fingerprint density at radius 1 is 1.33 bits per heavy atom. The molecule has 3 amide bonds. The van der Waals surface area contributed by atoms with Gasteiger partial charge in [0.1, 0.15) is 0 Å². The summed E-state index contributed by atoms with van der Waals surface area (Å²) in [7, 11) is 0. The summed E-state index contributed by atoms with van der Waals surface area (Å²) in [5.41, 5.74) is 5.86. The number of amides is 3. The van der Waals surface area contributed by atoms with Gasteiger partial charge in [-0.1, -0.05) is 0 Å². The third-order valence-electron chi connectivity index (χ3n) is 4.37. The van der Waals surface area contributed by atoms with Crippen LogP contribution in [0.4, 0.5) is 4.79 Å². The van der Waals surface area contributed by atoms with Crippen LogP contribution in [0.3, 0.4) is 0 Å². The molecule has 6 heteroatoms. The highest BCUT2D eigenvalue weighted by atomic mass is 16.2. The van der Waals surface area contributed by atoms with Crippen molar-refractivity contribution < 1.29 is 9.59 Å². The number of hydrogen-bond acceptors (Lipinski definition) is 3. The van der Waals surface area contributed by atoms with Gasteiger partial charge < -0.3 is 20.9 Å². The zero-order valence-electron chi connectivity index (χ0n) is 10.5. The van der Waals surface area contributed by atoms with E-state index in [-0.39, 0.29) is 29.9 Å². The van der Waals surface area contributed by atoms with Crippen LogP contribution in [0.2, 0.25) is 0 Å². The summed E-state index contributed by atoms with van der Waals surface area (Å²) in [6, 6.07) is 0.357. The number of hydrogen-bond donors (Lipinski definition) is 2. The summed E-state index contributed by atoms with van der Waals surface area (Å²) in [5, 5.41) is 2.83. The van der Waals surface area contributed by atoms with E-state index in [9.17, 15) is 9.59 Å². The molecule has 6 nitrogen and oxygen atoms in total. The first-order valence-electron chi connectivity index (χ1n) is 6.74. The second-order valence-electron chi connectivity index (χ2n) is 5.59. The summed E-state index contributed by atoms with van der Waals surface area (Å²) >= 11 is 0. The molecular formula is C12H20N4O2.